The zero-order valence-corrected chi connectivity index (χ0v) is 28.6. The highest BCUT2D eigenvalue weighted by molar-refractivity contribution is 7.24. The molecule has 6 aromatic rings. The Morgan fingerprint density at radius 3 is 1.65 bits per heavy atom. The lowest BCUT2D eigenvalue weighted by molar-refractivity contribution is -0.163. The van der Waals surface area contributed by atoms with E-state index in [0.717, 1.165) is 18.8 Å². The van der Waals surface area contributed by atoms with E-state index in [1.807, 2.05) is 48.5 Å². The van der Waals surface area contributed by atoms with Gasteiger partial charge in [-0.3, -0.25) is 14.4 Å². The van der Waals surface area contributed by atoms with Gasteiger partial charge in [-0.15, -0.1) is 22.7 Å². The summed E-state index contributed by atoms with van der Waals surface area (Å²) in [6.07, 6.45) is 0.326. The van der Waals surface area contributed by atoms with Crippen LogP contribution in [0.15, 0.2) is 94.5 Å². The van der Waals surface area contributed by atoms with Crippen LogP contribution in [0.25, 0.3) is 40.3 Å². The van der Waals surface area contributed by atoms with Crippen LogP contribution in [0.4, 0.5) is 0 Å². The van der Waals surface area contributed by atoms with Crippen molar-refractivity contribution in [3.8, 4) is 11.5 Å². The van der Waals surface area contributed by atoms with Crippen LogP contribution in [0.1, 0.15) is 34.1 Å². The Morgan fingerprint density at radius 1 is 0.625 bits per heavy atom. The van der Waals surface area contributed by atoms with Gasteiger partial charge in [0.05, 0.1) is 6.61 Å². The summed E-state index contributed by atoms with van der Waals surface area (Å²) in [5, 5.41) is 2.38. The normalized spacial score (nSPS) is 12.1. The van der Waals surface area contributed by atoms with Gasteiger partial charge in [-0.25, -0.2) is 4.79 Å². The van der Waals surface area contributed by atoms with Crippen molar-refractivity contribution in [3.63, 3.8) is 0 Å². The maximum Gasteiger partial charge on any atom is 0.344 e. The number of hydrogen-bond acceptors (Lipinski definition) is 10. The third-order valence-electron chi connectivity index (χ3n) is 8.05. The number of carbonyl (C=O) groups excluding carboxylic acids is 2. The average Bonchev–Trinajstić information content (AvgIpc) is 3.06. The van der Waals surface area contributed by atoms with E-state index in [1.54, 1.807) is 64.1 Å². The smallest absolute Gasteiger partial charge is 0.344 e. The van der Waals surface area contributed by atoms with E-state index in [4.69, 9.17) is 18.9 Å². The second-order valence-corrected chi connectivity index (χ2v) is 14.7. The van der Waals surface area contributed by atoms with Gasteiger partial charge in [0.1, 0.15) is 29.3 Å². The number of Topliss-reactive ketones (excluding diaryl/α,β-unsaturated/α-hetero) is 1. The first-order chi connectivity index (χ1) is 22.9. The zero-order chi connectivity index (χ0) is 34.1. The van der Waals surface area contributed by atoms with Crippen molar-refractivity contribution in [1.82, 2.24) is 0 Å². The summed E-state index contributed by atoms with van der Waals surface area (Å²) in [5.41, 5.74) is -2.21. The minimum atomic E-state index is -1.16. The minimum Gasteiger partial charge on any atom is -0.486 e. The van der Waals surface area contributed by atoms with Gasteiger partial charge in [0.15, 0.2) is 17.5 Å². The Bertz CT molecular complexity index is 2300. The summed E-state index contributed by atoms with van der Waals surface area (Å²) < 4.78 is 26.5. The molecule has 0 fully saturated rings. The summed E-state index contributed by atoms with van der Waals surface area (Å²) in [6.45, 7) is 6.42. The lowest BCUT2D eigenvalue weighted by Gasteiger charge is -2.28. The van der Waals surface area contributed by atoms with E-state index >= 15 is 0 Å². The number of carbonyl (C=O) groups is 2. The molecule has 0 aliphatic rings. The molecule has 0 aliphatic heterocycles. The van der Waals surface area contributed by atoms with E-state index in [0.29, 0.717) is 39.5 Å². The Morgan fingerprint density at radius 2 is 1.10 bits per heavy atom. The molecule has 0 amide bonds. The van der Waals surface area contributed by atoms with Crippen LogP contribution in [0.5, 0.6) is 11.5 Å². The highest BCUT2D eigenvalue weighted by Gasteiger charge is 2.31. The van der Waals surface area contributed by atoms with E-state index in [2.05, 4.69) is 0 Å². The van der Waals surface area contributed by atoms with Crippen LogP contribution in [0, 0.1) is 0 Å². The lowest BCUT2D eigenvalue weighted by atomic mass is 10.0. The quantitative estimate of drug-likeness (QED) is 0.0957. The Labute approximate surface area is 284 Å². The fraction of sp³-hybridized carbons (Fsp3) is 0.263. The van der Waals surface area contributed by atoms with Crippen molar-refractivity contribution in [1.29, 1.82) is 0 Å². The fourth-order valence-corrected chi connectivity index (χ4v) is 7.33. The number of benzene rings is 4. The van der Waals surface area contributed by atoms with Gasteiger partial charge < -0.3 is 18.9 Å². The van der Waals surface area contributed by atoms with Crippen LogP contribution in [0.3, 0.4) is 0 Å². The van der Waals surface area contributed by atoms with Gasteiger partial charge in [0.2, 0.25) is 5.78 Å². The molecule has 0 radical (unpaired) electrons. The summed E-state index contributed by atoms with van der Waals surface area (Å²) in [6, 6.07) is 25.4. The molecule has 0 bridgehead atoms. The highest BCUT2D eigenvalue weighted by atomic mass is 32.1. The molecule has 4 aromatic carbocycles. The number of ether oxygens (including phenoxy) is 4. The molecule has 0 aliphatic carbocycles. The second-order valence-electron chi connectivity index (χ2n) is 12.5. The molecule has 2 aromatic heterocycles. The molecular formula is C38H34O8S2. The zero-order valence-electron chi connectivity index (χ0n) is 27.0. The maximum absolute atomic E-state index is 13.0. The van der Waals surface area contributed by atoms with Crippen LogP contribution in [-0.4, -0.2) is 42.8 Å². The van der Waals surface area contributed by atoms with Crippen molar-refractivity contribution >= 4 is 74.8 Å². The number of esters is 1. The van der Waals surface area contributed by atoms with Crippen molar-refractivity contribution in [2.45, 2.75) is 45.3 Å². The summed E-state index contributed by atoms with van der Waals surface area (Å²) in [7, 11) is 0. The molecule has 0 unspecified atom stereocenters. The predicted molar refractivity (Wildman–Crippen MR) is 192 cm³/mol. The third-order valence-corrected chi connectivity index (χ3v) is 10.4. The van der Waals surface area contributed by atoms with E-state index in [1.165, 1.54) is 22.7 Å². The number of hydrogen-bond donors (Lipinski definition) is 0. The molecule has 0 spiro atoms. The topological polar surface area (TPSA) is 105 Å². The molecule has 2 heterocycles. The summed E-state index contributed by atoms with van der Waals surface area (Å²) in [4.78, 5) is 51.7. The van der Waals surface area contributed by atoms with E-state index in [9.17, 15) is 19.2 Å². The summed E-state index contributed by atoms with van der Waals surface area (Å²) in [5.74, 6) is -0.0284. The van der Waals surface area contributed by atoms with Gasteiger partial charge in [0.25, 0.3) is 0 Å². The van der Waals surface area contributed by atoms with Crippen molar-refractivity contribution in [3.05, 3.63) is 105 Å². The molecular weight excluding hydrogens is 649 g/mol. The molecule has 0 atom stereocenters. The third kappa shape index (κ3) is 7.26. The number of fused-ring (bicyclic) bond motifs is 4. The molecule has 48 heavy (non-hydrogen) atoms. The van der Waals surface area contributed by atoms with Crippen molar-refractivity contribution < 1.29 is 28.5 Å². The monoisotopic (exact) mass is 682 g/mol. The van der Waals surface area contributed by atoms with Gasteiger partial charge in [0, 0.05) is 46.8 Å². The maximum atomic E-state index is 13.0. The van der Waals surface area contributed by atoms with Gasteiger partial charge in [-0.1, -0.05) is 24.3 Å². The van der Waals surface area contributed by atoms with E-state index in [-0.39, 0.29) is 36.5 Å². The fourth-order valence-electron chi connectivity index (χ4n) is 5.23. The average molecular weight is 683 g/mol. The molecule has 6 rings (SSSR count). The number of rotatable bonds is 12. The Hall–Kier alpha value is -4.64. The molecule has 246 valence electrons. The van der Waals surface area contributed by atoms with Crippen LogP contribution >= 0.6 is 22.7 Å². The number of ketones is 1. The first-order valence-electron chi connectivity index (χ1n) is 15.5. The molecule has 0 N–H and O–H groups in total. The van der Waals surface area contributed by atoms with Gasteiger partial charge in [-0.05, 0) is 88.4 Å². The lowest BCUT2D eigenvalue weighted by Crippen LogP contribution is -2.40. The first kappa shape index (κ1) is 33.3. The molecule has 10 heteroatoms. The van der Waals surface area contributed by atoms with E-state index < -0.39 is 17.2 Å². The van der Waals surface area contributed by atoms with Crippen LogP contribution < -0.4 is 20.3 Å². The highest BCUT2D eigenvalue weighted by Crippen LogP contribution is 2.29. The van der Waals surface area contributed by atoms with Gasteiger partial charge >= 0.3 is 5.97 Å². The van der Waals surface area contributed by atoms with Crippen LogP contribution in [0.2, 0.25) is 0 Å². The Kier molecular flexibility index (Phi) is 9.33. The second kappa shape index (κ2) is 13.5. The largest absolute Gasteiger partial charge is 0.486 e. The molecule has 0 saturated heterocycles. The summed E-state index contributed by atoms with van der Waals surface area (Å²) >= 11 is 3.05. The molecule has 8 nitrogen and oxygen atoms in total. The van der Waals surface area contributed by atoms with Gasteiger partial charge in [-0.2, -0.15) is 0 Å². The van der Waals surface area contributed by atoms with Crippen molar-refractivity contribution in [2.75, 3.05) is 19.8 Å². The van der Waals surface area contributed by atoms with Crippen molar-refractivity contribution in [2.24, 2.45) is 0 Å². The standard InChI is InChI=1S/C38H34O8S2/c1-37(2,46-34(40)22-44-24-14-16-32-28(20-24)36(42)26-10-6-8-12-30(26)48-32)17-18-45-38(3,4)33(39)21-43-23-13-15-31-27(19-23)35(41)25-9-5-7-11-29(25)47-31/h5-16,19-20H,17-18,21-22H2,1-4H3. The Balaban J connectivity index is 0.986. The molecule has 0 saturated carbocycles. The predicted octanol–water partition coefficient (Wildman–Crippen LogP) is 7.68. The van der Waals surface area contributed by atoms with Crippen LogP contribution in [-0.2, 0) is 19.1 Å². The first-order valence-corrected chi connectivity index (χ1v) is 17.1. The minimum absolute atomic E-state index is 0.0737. The SMILES string of the molecule is CC(C)(CCOC(C)(C)C(=O)COc1ccc2sc3ccccc3c(=O)c2c1)OC(=O)COc1ccc2sc3ccccc3c(=O)c2c1.